The Kier molecular flexibility index (Phi) is 6.22. The van der Waals surface area contributed by atoms with Crippen LogP contribution in [0.1, 0.15) is 46.5 Å². The van der Waals surface area contributed by atoms with Gasteiger partial charge in [0, 0.05) is 13.0 Å². The molecule has 0 amide bonds. The maximum Gasteiger partial charge on any atom is 0.0939 e. The number of halogens is 1. The highest BCUT2D eigenvalue weighted by atomic mass is 35.5. The van der Waals surface area contributed by atoms with E-state index >= 15 is 0 Å². The summed E-state index contributed by atoms with van der Waals surface area (Å²) in [4.78, 5) is 0. The molecule has 0 aromatic rings. The summed E-state index contributed by atoms with van der Waals surface area (Å²) < 4.78 is 11.4. The van der Waals surface area contributed by atoms with E-state index in [0.717, 1.165) is 38.0 Å². The molecule has 2 nitrogen and oxygen atoms in total. The van der Waals surface area contributed by atoms with Crippen LogP contribution in [0.4, 0.5) is 0 Å². The Morgan fingerprint density at radius 2 is 2.19 bits per heavy atom. The lowest BCUT2D eigenvalue weighted by molar-refractivity contribution is 0.0548. The Hall–Kier alpha value is -0.210. The van der Waals surface area contributed by atoms with Crippen molar-refractivity contribution in [3.05, 3.63) is 11.8 Å². The van der Waals surface area contributed by atoms with Gasteiger partial charge in [0.2, 0.25) is 0 Å². The average molecular weight is 247 g/mol. The topological polar surface area (TPSA) is 18.5 Å². The highest BCUT2D eigenvalue weighted by molar-refractivity contribution is 6.22. The monoisotopic (exact) mass is 246 g/mol. The zero-order valence-electron chi connectivity index (χ0n) is 10.5. The van der Waals surface area contributed by atoms with Crippen molar-refractivity contribution in [1.29, 1.82) is 0 Å². The van der Waals surface area contributed by atoms with E-state index in [0.29, 0.717) is 0 Å². The maximum absolute atomic E-state index is 6.34. The van der Waals surface area contributed by atoms with Gasteiger partial charge in [0.1, 0.15) is 0 Å². The molecule has 1 aliphatic carbocycles. The summed E-state index contributed by atoms with van der Waals surface area (Å²) in [6, 6.07) is 0. The van der Waals surface area contributed by atoms with Crippen LogP contribution in [-0.4, -0.2) is 24.2 Å². The molecule has 0 heterocycles. The van der Waals surface area contributed by atoms with Gasteiger partial charge in [-0.3, -0.25) is 0 Å². The van der Waals surface area contributed by atoms with E-state index in [9.17, 15) is 0 Å². The number of rotatable bonds is 4. The third-order valence-electron chi connectivity index (χ3n) is 2.63. The summed E-state index contributed by atoms with van der Waals surface area (Å²) in [6.45, 7) is 6.82. The standard InChI is InChI=1S/C13H23ClO2/c1-4-15-13-8-6-5-7-11(9-12(13)14)16-10(2)3/h9-10,12-13H,4-8H2,1-3H3. The molecule has 0 aliphatic heterocycles. The van der Waals surface area contributed by atoms with Gasteiger partial charge in [-0.2, -0.15) is 0 Å². The molecule has 1 rings (SSSR count). The summed E-state index contributed by atoms with van der Waals surface area (Å²) in [7, 11) is 0. The smallest absolute Gasteiger partial charge is 0.0939 e. The van der Waals surface area contributed by atoms with Gasteiger partial charge < -0.3 is 9.47 Å². The normalized spacial score (nSPS) is 27.2. The quantitative estimate of drug-likeness (QED) is 0.701. The molecule has 2 atom stereocenters. The van der Waals surface area contributed by atoms with Crippen LogP contribution in [-0.2, 0) is 9.47 Å². The van der Waals surface area contributed by atoms with Crippen LogP contribution in [0.25, 0.3) is 0 Å². The maximum atomic E-state index is 6.34. The molecule has 0 radical (unpaired) electrons. The van der Waals surface area contributed by atoms with Crippen molar-refractivity contribution in [3.63, 3.8) is 0 Å². The van der Waals surface area contributed by atoms with Crippen LogP contribution >= 0.6 is 11.6 Å². The summed E-state index contributed by atoms with van der Waals surface area (Å²) in [5.41, 5.74) is 0. The van der Waals surface area contributed by atoms with Crippen molar-refractivity contribution in [3.8, 4) is 0 Å². The lowest BCUT2D eigenvalue weighted by Gasteiger charge is -2.24. The van der Waals surface area contributed by atoms with E-state index in [2.05, 4.69) is 0 Å². The van der Waals surface area contributed by atoms with Crippen LogP contribution < -0.4 is 0 Å². The van der Waals surface area contributed by atoms with E-state index < -0.39 is 0 Å². The number of hydrogen-bond donors (Lipinski definition) is 0. The molecule has 0 bridgehead atoms. The Bertz CT molecular complexity index is 226. The summed E-state index contributed by atoms with van der Waals surface area (Å²) in [5.74, 6) is 1.03. The lowest BCUT2D eigenvalue weighted by atomic mass is 10.0. The minimum Gasteiger partial charge on any atom is -0.496 e. The van der Waals surface area contributed by atoms with Crippen LogP contribution in [0.5, 0.6) is 0 Å². The van der Waals surface area contributed by atoms with Crippen LogP contribution in [0, 0.1) is 0 Å². The van der Waals surface area contributed by atoms with Gasteiger partial charge in [-0.25, -0.2) is 0 Å². The number of alkyl halides is 1. The molecular weight excluding hydrogens is 224 g/mol. The van der Waals surface area contributed by atoms with Crippen LogP contribution in [0.2, 0.25) is 0 Å². The Morgan fingerprint density at radius 3 is 2.81 bits per heavy atom. The largest absolute Gasteiger partial charge is 0.496 e. The van der Waals surface area contributed by atoms with Gasteiger partial charge >= 0.3 is 0 Å². The molecule has 0 aromatic carbocycles. The summed E-state index contributed by atoms with van der Waals surface area (Å²) in [6.07, 6.45) is 6.76. The number of hydrogen-bond acceptors (Lipinski definition) is 2. The minimum atomic E-state index is -0.0611. The molecule has 0 saturated heterocycles. The van der Waals surface area contributed by atoms with E-state index in [1.165, 1.54) is 0 Å². The van der Waals surface area contributed by atoms with Gasteiger partial charge in [0.15, 0.2) is 0 Å². The molecule has 94 valence electrons. The highest BCUT2D eigenvalue weighted by Gasteiger charge is 2.21. The number of allylic oxidation sites excluding steroid dienone is 1. The fraction of sp³-hybridized carbons (Fsp3) is 0.846. The van der Waals surface area contributed by atoms with Gasteiger partial charge in [0.25, 0.3) is 0 Å². The Balaban J connectivity index is 2.63. The molecule has 16 heavy (non-hydrogen) atoms. The Morgan fingerprint density at radius 1 is 1.44 bits per heavy atom. The van der Waals surface area contributed by atoms with Crippen molar-refractivity contribution in [2.24, 2.45) is 0 Å². The Labute approximate surface area is 104 Å². The fourth-order valence-corrected chi connectivity index (χ4v) is 2.30. The molecule has 0 fully saturated rings. The van der Waals surface area contributed by atoms with E-state index in [-0.39, 0.29) is 17.6 Å². The first kappa shape index (κ1) is 13.9. The van der Waals surface area contributed by atoms with E-state index in [1.807, 2.05) is 26.8 Å². The highest BCUT2D eigenvalue weighted by Crippen LogP contribution is 2.24. The third-order valence-corrected chi connectivity index (χ3v) is 3.04. The molecule has 0 spiro atoms. The lowest BCUT2D eigenvalue weighted by Crippen LogP contribution is -2.25. The first-order valence-corrected chi connectivity index (χ1v) is 6.70. The third kappa shape index (κ3) is 4.75. The fourth-order valence-electron chi connectivity index (χ4n) is 1.96. The predicted octanol–water partition coefficient (Wildman–Crippen LogP) is 3.88. The van der Waals surface area contributed by atoms with Gasteiger partial charge in [-0.1, -0.05) is 6.42 Å². The molecule has 3 heteroatoms. The summed E-state index contributed by atoms with van der Waals surface area (Å²) >= 11 is 6.34. The second-order valence-corrected chi connectivity index (χ2v) is 4.99. The first-order chi connectivity index (χ1) is 7.63. The first-order valence-electron chi connectivity index (χ1n) is 6.26. The van der Waals surface area contributed by atoms with Gasteiger partial charge in [-0.15, -0.1) is 11.6 Å². The molecule has 1 aliphatic rings. The molecule has 0 N–H and O–H groups in total. The van der Waals surface area contributed by atoms with Crippen molar-refractivity contribution in [1.82, 2.24) is 0 Å². The second-order valence-electron chi connectivity index (χ2n) is 4.48. The SMILES string of the molecule is CCOC1CCCCC(OC(C)C)=CC1Cl. The molecule has 0 aromatic heterocycles. The predicted molar refractivity (Wildman–Crippen MR) is 67.8 cm³/mol. The van der Waals surface area contributed by atoms with Gasteiger partial charge in [0.05, 0.1) is 23.3 Å². The molecule has 0 saturated carbocycles. The van der Waals surface area contributed by atoms with Crippen molar-refractivity contribution < 1.29 is 9.47 Å². The van der Waals surface area contributed by atoms with E-state index in [1.54, 1.807) is 0 Å². The zero-order chi connectivity index (χ0) is 12.0. The molecular formula is C13H23ClO2. The average Bonchev–Trinajstić information content (AvgIpc) is 2.19. The van der Waals surface area contributed by atoms with Crippen LogP contribution in [0.15, 0.2) is 11.8 Å². The minimum absolute atomic E-state index is 0.0611. The van der Waals surface area contributed by atoms with Crippen molar-refractivity contribution in [2.45, 2.75) is 64.0 Å². The van der Waals surface area contributed by atoms with Crippen molar-refractivity contribution in [2.75, 3.05) is 6.61 Å². The summed E-state index contributed by atoms with van der Waals surface area (Å²) in [5, 5.41) is -0.0611. The number of ether oxygens (including phenoxy) is 2. The van der Waals surface area contributed by atoms with Crippen LogP contribution in [0.3, 0.4) is 0 Å². The second kappa shape index (κ2) is 7.18. The van der Waals surface area contributed by atoms with Gasteiger partial charge in [-0.05, 0) is 39.7 Å². The zero-order valence-corrected chi connectivity index (χ0v) is 11.3. The van der Waals surface area contributed by atoms with E-state index in [4.69, 9.17) is 21.1 Å². The molecule has 2 unspecified atom stereocenters. The van der Waals surface area contributed by atoms with Crippen molar-refractivity contribution >= 4 is 11.6 Å².